The maximum atomic E-state index is 5.95. The van der Waals surface area contributed by atoms with Crippen molar-refractivity contribution in [3.8, 4) is 0 Å². The van der Waals surface area contributed by atoms with E-state index in [4.69, 9.17) is 15.0 Å². The molecule has 5 nitrogen and oxygen atoms in total. The zero-order chi connectivity index (χ0) is 13.3. The van der Waals surface area contributed by atoms with E-state index in [0.29, 0.717) is 5.92 Å². The highest BCUT2D eigenvalue weighted by Gasteiger charge is 2.39. The Balaban J connectivity index is 1.79. The van der Waals surface area contributed by atoms with Crippen molar-refractivity contribution < 1.29 is 9.26 Å². The highest BCUT2D eigenvalue weighted by molar-refractivity contribution is 5.06. The minimum Gasteiger partial charge on any atom is -0.370 e. The predicted molar refractivity (Wildman–Crippen MR) is 70.6 cm³/mol. The lowest BCUT2D eigenvalue weighted by Crippen LogP contribution is -2.32. The molecule has 19 heavy (non-hydrogen) atoms. The quantitative estimate of drug-likeness (QED) is 0.908. The second-order valence-corrected chi connectivity index (χ2v) is 5.99. The van der Waals surface area contributed by atoms with Gasteiger partial charge in [0, 0.05) is 19.1 Å². The molecule has 2 unspecified atom stereocenters. The van der Waals surface area contributed by atoms with E-state index in [9.17, 15) is 0 Å². The van der Waals surface area contributed by atoms with Gasteiger partial charge in [0.2, 0.25) is 11.7 Å². The predicted octanol–water partition coefficient (Wildman–Crippen LogP) is 2.47. The number of methoxy groups -OCH3 is 1. The van der Waals surface area contributed by atoms with E-state index in [-0.39, 0.29) is 11.6 Å². The van der Waals surface area contributed by atoms with Crippen LogP contribution < -0.4 is 5.73 Å². The van der Waals surface area contributed by atoms with Gasteiger partial charge < -0.3 is 15.0 Å². The van der Waals surface area contributed by atoms with Crippen LogP contribution in [0.5, 0.6) is 0 Å². The number of ether oxygens (including phenoxy) is 1. The molecular weight excluding hydrogens is 242 g/mol. The van der Waals surface area contributed by atoms with Crippen LogP contribution in [0.25, 0.3) is 0 Å². The van der Waals surface area contributed by atoms with Gasteiger partial charge in [-0.05, 0) is 32.1 Å². The Kier molecular flexibility index (Phi) is 3.58. The summed E-state index contributed by atoms with van der Waals surface area (Å²) in [4.78, 5) is 4.64. The van der Waals surface area contributed by atoms with Crippen molar-refractivity contribution in [1.29, 1.82) is 0 Å². The average Bonchev–Trinajstić information content (AvgIpc) is 3.08. The van der Waals surface area contributed by atoms with Crippen LogP contribution in [0.15, 0.2) is 4.52 Å². The lowest BCUT2D eigenvalue weighted by Gasteiger charge is -2.32. The van der Waals surface area contributed by atoms with E-state index in [1.165, 1.54) is 19.3 Å². The number of nitrogens with zero attached hydrogens (tertiary/aromatic N) is 2. The molecule has 2 atom stereocenters. The Morgan fingerprint density at radius 2 is 2.05 bits per heavy atom. The van der Waals surface area contributed by atoms with Crippen LogP contribution >= 0.6 is 0 Å². The largest absolute Gasteiger partial charge is 0.370 e. The van der Waals surface area contributed by atoms with E-state index < -0.39 is 0 Å². The Morgan fingerprint density at radius 3 is 2.68 bits per heavy atom. The first kappa shape index (κ1) is 13.1. The standard InChI is InChI=1S/C14H23N3O2/c1-18-14(7-3-2-4-8-14)13-16-12(19-17-13)10-5-6-11(15)9-10/h10-11H,2-9,15H2,1H3. The van der Waals surface area contributed by atoms with Crippen molar-refractivity contribution in [3.05, 3.63) is 11.7 Å². The van der Waals surface area contributed by atoms with Gasteiger partial charge in [0.1, 0.15) is 5.60 Å². The minimum atomic E-state index is -0.319. The van der Waals surface area contributed by atoms with Crippen LogP contribution in [0, 0.1) is 0 Å². The molecule has 3 rings (SSSR count). The molecule has 2 saturated carbocycles. The summed E-state index contributed by atoms with van der Waals surface area (Å²) in [6.45, 7) is 0. The van der Waals surface area contributed by atoms with Crippen LogP contribution in [0.4, 0.5) is 0 Å². The summed E-state index contributed by atoms with van der Waals surface area (Å²) >= 11 is 0. The first-order chi connectivity index (χ1) is 9.23. The molecule has 0 aromatic carbocycles. The second kappa shape index (κ2) is 5.21. The van der Waals surface area contributed by atoms with E-state index in [1.54, 1.807) is 7.11 Å². The molecule has 106 valence electrons. The van der Waals surface area contributed by atoms with Gasteiger partial charge in [-0.15, -0.1) is 0 Å². The van der Waals surface area contributed by atoms with Crippen LogP contribution in [-0.2, 0) is 10.3 Å². The molecule has 2 N–H and O–H groups in total. The molecule has 1 heterocycles. The lowest BCUT2D eigenvalue weighted by atomic mass is 9.84. The second-order valence-electron chi connectivity index (χ2n) is 5.99. The molecule has 2 fully saturated rings. The average molecular weight is 265 g/mol. The molecule has 2 aliphatic rings. The van der Waals surface area contributed by atoms with E-state index in [0.717, 1.165) is 43.8 Å². The Bertz CT molecular complexity index is 426. The third-order valence-corrected chi connectivity index (χ3v) is 4.72. The molecule has 0 amide bonds. The Labute approximate surface area is 113 Å². The van der Waals surface area contributed by atoms with Crippen molar-refractivity contribution in [3.63, 3.8) is 0 Å². The summed E-state index contributed by atoms with van der Waals surface area (Å²) in [6, 6.07) is 0.284. The molecule has 2 aliphatic carbocycles. The molecule has 0 radical (unpaired) electrons. The third-order valence-electron chi connectivity index (χ3n) is 4.72. The van der Waals surface area contributed by atoms with Gasteiger partial charge in [0.25, 0.3) is 0 Å². The van der Waals surface area contributed by atoms with E-state index >= 15 is 0 Å². The summed E-state index contributed by atoms with van der Waals surface area (Å²) in [5.74, 6) is 1.84. The fraction of sp³-hybridized carbons (Fsp3) is 0.857. The van der Waals surface area contributed by atoms with Gasteiger partial charge in [-0.1, -0.05) is 24.4 Å². The van der Waals surface area contributed by atoms with Gasteiger partial charge >= 0.3 is 0 Å². The van der Waals surface area contributed by atoms with Crippen LogP contribution in [-0.4, -0.2) is 23.3 Å². The van der Waals surface area contributed by atoms with Crippen molar-refractivity contribution in [2.75, 3.05) is 7.11 Å². The first-order valence-corrected chi connectivity index (χ1v) is 7.38. The molecule has 0 bridgehead atoms. The topological polar surface area (TPSA) is 74.2 Å². The maximum Gasteiger partial charge on any atom is 0.229 e. The van der Waals surface area contributed by atoms with Crippen molar-refractivity contribution in [2.45, 2.75) is 68.9 Å². The molecule has 1 aromatic heterocycles. The van der Waals surface area contributed by atoms with Gasteiger partial charge in [0.15, 0.2) is 0 Å². The van der Waals surface area contributed by atoms with Crippen molar-refractivity contribution in [2.24, 2.45) is 5.73 Å². The maximum absolute atomic E-state index is 5.95. The highest BCUT2D eigenvalue weighted by Crippen LogP contribution is 2.40. The number of rotatable bonds is 3. The Morgan fingerprint density at radius 1 is 1.26 bits per heavy atom. The summed E-state index contributed by atoms with van der Waals surface area (Å²) < 4.78 is 11.2. The molecule has 0 spiro atoms. The summed E-state index contributed by atoms with van der Waals surface area (Å²) in [6.07, 6.45) is 8.67. The van der Waals surface area contributed by atoms with E-state index in [1.807, 2.05) is 0 Å². The number of aromatic nitrogens is 2. The third kappa shape index (κ3) is 2.41. The van der Waals surface area contributed by atoms with E-state index in [2.05, 4.69) is 10.1 Å². The fourth-order valence-corrected chi connectivity index (χ4v) is 3.47. The van der Waals surface area contributed by atoms with Crippen molar-refractivity contribution in [1.82, 2.24) is 10.1 Å². The lowest BCUT2D eigenvalue weighted by molar-refractivity contribution is -0.0527. The van der Waals surface area contributed by atoms with Crippen LogP contribution in [0.2, 0.25) is 0 Å². The summed E-state index contributed by atoms with van der Waals surface area (Å²) in [5, 5.41) is 4.20. The first-order valence-electron chi connectivity index (χ1n) is 7.38. The highest BCUT2D eigenvalue weighted by atomic mass is 16.5. The Hall–Kier alpha value is -0.940. The molecule has 0 aliphatic heterocycles. The zero-order valence-corrected chi connectivity index (χ0v) is 11.6. The molecular formula is C14H23N3O2. The minimum absolute atomic E-state index is 0.284. The van der Waals surface area contributed by atoms with Gasteiger partial charge in [-0.2, -0.15) is 4.98 Å². The SMILES string of the molecule is COC1(c2noc(C3CCC(N)C3)n2)CCCCC1. The number of nitrogens with two attached hydrogens (primary N) is 1. The van der Waals surface area contributed by atoms with Crippen molar-refractivity contribution >= 4 is 0 Å². The van der Waals surface area contributed by atoms with Crippen LogP contribution in [0.1, 0.15) is 69.0 Å². The number of hydrogen-bond acceptors (Lipinski definition) is 5. The van der Waals surface area contributed by atoms with Gasteiger partial charge in [0.05, 0.1) is 0 Å². The summed E-state index contributed by atoms with van der Waals surface area (Å²) in [5.41, 5.74) is 5.63. The number of hydrogen-bond donors (Lipinski definition) is 1. The smallest absolute Gasteiger partial charge is 0.229 e. The molecule has 1 aromatic rings. The van der Waals surface area contributed by atoms with Gasteiger partial charge in [-0.25, -0.2) is 0 Å². The van der Waals surface area contributed by atoms with Crippen LogP contribution in [0.3, 0.4) is 0 Å². The normalized spacial score (nSPS) is 30.6. The van der Waals surface area contributed by atoms with Gasteiger partial charge in [-0.3, -0.25) is 0 Å². The molecule has 0 saturated heterocycles. The summed E-state index contributed by atoms with van der Waals surface area (Å²) in [7, 11) is 1.76. The molecule has 5 heteroatoms. The fourth-order valence-electron chi connectivity index (χ4n) is 3.47. The zero-order valence-electron chi connectivity index (χ0n) is 11.6. The monoisotopic (exact) mass is 265 g/mol.